The minimum atomic E-state index is 0.687. The smallest absolute Gasteiger partial charge is 0.119 e. The molecule has 0 spiro atoms. The van der Waals surface area contributed by atoms with Crippen molar-refractivity contribution < 1.29 is 4.74 Å². The molecule has 0 atom stereocenters. The van der Waals surface area contributed by atoms with Gasteiger partial charge < -0.3 is 10.5 Å². The van der Waals surface area contributed by atoms with E-state index in [1.54, 1.807) is 6.20 Å². The van der Waals surface area contributed by atoms with E-state index in [-0.39, 0.29) is 0 Å². The van der Waals surface area contributed by atoms with Crippen LogP contribution in [0, 0.1) is 0 Å². The number of ether oxygens (including phenoxy) is 1. The molecule has 0 radical (unpaired) electrons. The fraction of sp³-hybridized carbons (Fsp3) is 0.357. The van der Waals surface area contributed by atoms with Crippen molar-refractivity contribution >= 4 is 5.69 Å². The van der Waals surface area contributed by atoms with E-state index in [2.05, 4.69) is 24.2 Å². The molecule has 0 saturated heterocycles. The second-order valence-corrected chi connectivity index (χ2v) is 4.24. The van der Waals surface area contributed by atoms with Crippen LogP contribution in [-0.4, -0.2) is 16.4 Å². The fourth-order valence-electron chi connectivity index (χ4n) is 1.77. The van der Waals surface area contributed by atoms with Gasteiger partial charge in [0.05, 0.1) is 18.5 Å². The van der Waals surface area contributed by atoms with Gasteiger partial charge in [0.2, 0.25) is 0 Å². The molecule has 0 fully saturated rings. The van der Waals surface area contributed by atoms with Gasteiger partial charge in [0.1, 0.15) is 5.75 Å². The van der Waals surface area contributed by atoms with Gasteiger partial charge in [-0.25, -0.2) is 0 Å². The van der Waals surface area contributed by atoms with E-state index in [9.17, 15) is 0 Å². The number of benzene rings is 1. The van der Waals surface area contributed by atoms with Crippen LogP contribution in [-0.2, 0) is 13.0 Å². The van der Waals surface area contributed by atoms with E-state index in [0.29, 0.717) is 12.3 Å². The van der Waals surface area contributed by atoms with Crippen LogP contribution in [0.3, 0.4) is 0 Å². The Morgan fingerprint density at radius 1 is 1.39 bits per heavy atom. The van der Waals surface area contributed by atoms with Crippen LogP contribution in [0.4, 0.5) is 5.69 Å². The zero-order valence-corrected chi connectivity index (χ0v) is 10.7. The molecule has 4 nitrogen and oxygen atoms in total. The molecular weight excluding hydrogens is 226 g/mol. The second kappa shape index (κ2) is 6.10. The van der Waals surface area contributed by atoms with Crippen molar-refractivity contribution in [3.63, 3.8) is 0 Å². The van der Waals surface area contributed by atoms with Crippen LogP contribution in [0.1, 0.15) is 18.9 Å². The largest absolute Gasteiger partial charge is 0.494 e. The Labute approximate surface area is 107 Å². The number of aromatic nitrogens is 2. The van der Waals surface area contributed by atoms with Gasteiger partial charge in [-0.3, -0.25) is 4.68 Å². The number of hydrogen-bond donors (Lipinski definition) is 1. The van der Waals surface area contributed by atoms with Crippen molar-refractivity contribution in [2.45, 2.75) is 26.3 Å². The number of hydrogen-bond acceptors (Lipinski definition) is 3. The summed E-state index contributed by atoms with van der Waals surface area (Å²) in [6.45, 7) is 3.65. The monoisotopic (exact) mass is 245 g/mol. The Bertz CT molecular complexity index is 493. The van der Waals surface area contributed by atoms with E-state index in [0.717, 1.165) is 25.1 Å². The first-order chi connectivity index (χ1) is 8.78. The Morgan fingerprint density at radius 3 is 3.00 bits per heavy atom. The van der Waals surface area contributed by atoms with Gasteiger partial charge >= 0.3 is 0 Å². The minimum Gasteiger partial charge on any atom is -0.494 e. The molecule has 1 heterocycles. The summed E-state index contributed by atoms with van der Waals surface area (Å²) in [6.07, 6.45) is 5.44. The van der Waals surface area contributed by atoms with Crippen LogP contribution < -0.4 is 10.5 Å². The molecular formula is C14H19N3O. The highest BCUT2D eigenvalue weighted by Crippen LogP contribution is 2.13. The van der Waals surface area contributed by atoms with E-state index in [4.69, 9.17) is 10.5 Å². The predicted octanol–water partition coefficient (Wildman–Crippen LogP) is 2.50. The first-order valence-electron chi connectivity index (χ1n) is 6.27. The molecule has 18 heavy (non-hydrogen) atoms. The quantitative estimate of drug-likeness (QED) is 0.795. The van der Waals surface area contributed by atoms with Crippen molar-refractivity contribution in [3.8, 4) is 5.75 Å². The highest BCUT2D eigenvalue weighted by atomic mass is 16.5. The zero-order valence-electron chi connectivity index (χ0n) is 10.7. The maximum atomic E-state index is 5.70. The highest BCUT2D eigenvalue weighted by Gasteiger charge is 1.97. The van der Waals surface area contributed by atoms with Crippen LogP contribution >= 0.6 is 0 Å². The topological polar surface area (TPSA) is 53.1 Å². The average molecular weight is 245 g/mol. The molecule has 4 heteroatoms. The molecule has 2 rings (SSSR count). The number of nitrogens with two attached hydrogens (primary N) is 1. The van der Waals surface area contributed by atoms with Crippen LogP contribution in [0.5, 0.6) is 5.75 Å². The molecule has 0 aliphatic heterocycles. The molecule has 1 aromatic carbocycles. The normalized spacial score (nSPS) is 10.5. The van der Waals surface area contributed by atoms with Crippen molar-refractivity contribution in [1.29, 1.82) is 0 Å². The minimum absolute atomic E-state index is 0.687. The van der Waals surface area contributed by atoms with Crippen molar-refractivity contribution in [2.75, 3.05) is 12.3 Å². The van der Waals surface area contributed by atoms with Crippen LogP contribution in [0.15, 0.2) is 36.7 Å². The summed E-state index contributed by atoms with van der Waals surface area (Å²) >= 11 is 0. The Hall–Kier alpha value is -1.97. The van der Waals surface area contributed by atoms with E-state index < -0.39 is 0 Å². The van der Waals surface area contributed by atoms with Gasteiger partial charge in [-0.05, 0) is 24.1 Å². The lowest BCUT2D eigenvalue weighted by atomic mass is 10.2. The van der Waals surface area contributed by atoms with Gasteiger partial charge in [0.15, 0.2) is 0 Å². The summed E-state index contributed by atoms with van der Waals surface area (Å²) in [4.78, 5) is 0. The zero-order chi connectivity index (χ0) is 12.8. The van der Waals surface area contributed by atoms with E-state index >= 15 is 0 Å². The van der Waals surface area contributed by atoms with Crippen molar-refractivity contribution in [2.24, 2.45) is 0 Å². The fourth-order valence-corrected chi connectivity index (χ4v) is 1.77. The molecule has 0 bridgehead atoms. The average Bonchev–Trinajstić information content (AvgIpc) is 2.81. The first-order valence-corrected chi connectivity index (χ1v) is 6.27. The third-order valence-electron chi connectivity index (χ3n) is 2.76. The number of nitrogens with zero attached hydrogens (tertiary/aromatic N) is 2. The third-order valence-corrected chi connectivity index (χ3v) is 2.76. The number of aryl methyl sites for hydroxylation is 2. The lowest BCUT2D eigenvalue weighted by molar-refractivity contribution is 0.298. The van der Waals surface area contributed by atoms with Crippen LogP contribution in [0.2, 0.25) is 0 Å². The summed E-state index contributed by atoms with van der Waals surface area (Å²) in [5, 5.41) is 4.12. The molecule has 0 aliphatic rings. The van der Waals surface area contributed by atoms with Crippen molar-refractivity contribution in [1.82, 2.24) is 9.78 Å². The highest BCUT2D eigenvalue weighted by molar-refractivity contribution is 5.30. The summed E-state index contributed by atoms with van der Waals surface area (Å²) < 4.78 is 7.54. The SMILES string of the molecule is CCc1cccc(OCCCn2cc(N)cn2)c1. The molecule has 0 saturated carbocycles. The number of anilines is 1. The molecule has 0 unspecified atom stereocenters. The third kappa shape index (κ3) is 3.52. The van der Waals surface area contributed by atoms with Gasteiger partial charge in [-0.15, -0.1) is 0 Å². The number of nitrogen functional groups attached to an aromatic ring is 1. The predicted molar refractivity (Wildman–Crippen MR) is 72.6 cm³/mol. The van der Waals surface area contributed by atoms with Gasteiger partial charge in [0, 0.05) is 19.2 Å². The first kappa shape index (κ1) is 12.5. The lowest BCUT2D eigenvalue weighted by Crippen LogP contribution is -2.05. The maximum absolute atomic E-state index is 5.70. The lowest BCUT2D eigenvalue weighted by Gasteiger charge is -2.07. The van der Waals surface area contributed by atoms with E-state index in [1.165, 1.54) is 5.56 Å². The summed E-state index contributed by atoms with van der Waals surface area (Å²) in [5.74, 6) is 0.939. The number of rotatable bonds is 6. The second-order valence-electron chi connectivity index (χ2n) is 4.24. The Kier molecular flexibility index (Phi) is 4.23. The molecule has 2 aromatic rings. The molecule has 1 aromatic heterocycles. The maximum Gasteiger partial charge on any atom is 0.119 e. The van der Waals surface area contributed by atoms with Crippen molar-refractivity contribution in [3.05, 3.63) is 42.2 Å². The summed E-state index contributed by atoms with van der Waals surface area (Å²) in [7, 11) is 0. The molecule has 2 N–H and O–H groups in total. The summed E-state index contributed by atoms with van der Waals surface area (Å²) in [5.41, 5.74) is 7.59. The van der Waals surface area contributed by atoms with Gasteiger partial charge in [-0.1, -0.05) is 19.1 Å². The van der Waals surface area contributed by atoms with E-state index in [1.807, 2.05) is 23.0 Å². The molecule has 0 amide bonds. The van der Waals surface area contributed by atoms with Crippen LogP contribution in [0.25, 0.3) is 0 Å². The van der Waals surface area contributed by atoms with Gasteiger partial charge in [-0.2, -0.15) is 5.10 Å². The Balaban J connectivity index is 1.74. The Morgan fingerprint density at radius 2 is 2.28 bits per heavy atom. The molecule has 96 valence electrons. The molecule has 0 aliphatic carbocycles. The van der Waals surface area contributed by atoms with Gasteiger partial charge in [0.25, 0.3) is 0 Å². The standard InChI is InChI=1S/C14H19N3O/c1-2-12-5-3-6-14(9-12)18-8-4-7-17-11-13(15)10-16-17/h3,5-6,9-11H,2,4,7-8,15H2,1H3. The summed E-state index contributed by atoms with van der Waals surface area (Å²) in [6, 6.07) is 8.22.